The van der Waals surface area contributed by atoms with Gasteiger partial charge in [-0.2, -0.15) is 0 Å². The molecule has 2 aromatic rings. The molecule has 0 spiro atoms. The summed E-state index contributed by atoms with van der Waals surface area (Å²) in [6.07, 6.45) is 6.50. The summed E-state index contributed by atoms with van der Waals surface area (Å²) in [6.45, 7) is 3.78. The minimum Gasteiger partial charge on any atom is -0.370 e. The largest absolute Gasteiger partial charge is 0.370 e. The van der Waals surface area contributed by atoms with Crippen LogP contribution in [-0.2, 0) is 25.8 Å². The van der Waals surface area contributed by atoms with Crippen LogP contribution in [0.3, 0.4) is 0 Å². The lowest BCUT2D eigenvalue weighted by molar-refractivity contribution is 0.605. The number of benzene rings is 1. The maximum absolute atomic E-state index is 6.00. The molecule has 25 heavy (non-hydrogen) atoms. The second-order valence-electron chi connectivity index (χ2n) is 6.19. The number of aryl methyl sites for hydroxylation is 2. The minimum atomic E-state index is 0. The molecule has 0 radical (unpaired) electrons. The molecule has 0 fully saturated rings. The Hall–Kier alpha value is -1.64. The second-order valence-corrected chi connectivity index (χ2v) is 6.19. The average Bonchev–Trinajstić information content (AvgIpc) is 2.82. The number of hydrogen-bond acceptors (Lipinski definition) is 3. The number of guanidine groups is 1. The Bertz CT molecular complexity index is 709. The molecule has 136 valence electrons. The smallest absolute Gasteiger partial charge is 0.193 e. The van der Waals surface area contributed by atoms with Gasteiger partial charge in [-0.05, 0) is 37.0 Å². The Morgan fingerprint density at radius 1 is 1.28 bits per heavy atom. The summed E-state index contributed by atoms with van der Waals surface area (Å²) in [5.41, 5.74) is 8.25. The Morgan fingerprint density at radius 2 is 2.16 bits per heavy atom. The van der Waals surface area contributed by atoms with E-state index in [9.17, 15) is 0 Å². The van der Waals surface area contributed by atoms with Gasteiger partial charge in [0.05, 0.1) is 0 Å². The lowest BCUT2D eigenvalue weighted by Crippen LogP contribution is -2.23. The molecular weight excluding hydrogens is 427 g/mol. The predicted octanol–water partition coefficient (Wildman–Crippen LogP) is 3.15. The molecule has 0 unspecified atom stereocenters. The Labute approximate surface area is 166 Å². The zero-order valence-electron chi connectivity index (χ0n) is 14.7. The first-order chi connectivity index (χ1) is 11.8. The topological polar surface area (TPSA) is 81.1 Å². The quantitative estimate of drug-likeness (QED) is 0.413. The van der Waals surface area contributed by atoms with Crippen molar-refractivity contribution >= 4 is 35.6 Å². The van der Waals surface area contributed by atoms with Crippen molar-refractivity contribution in [3.05, 3.63) is 41.5 Å². The molecule has 0 saturated carbocycles. The summed E-state index contributed by atoms with van der Waals surface area (Å²) >= 11 is 0. The minimum absolute atomic E-state index is 0. The third kappa shape index (κ3) is 5.42. The van der Waals surface area contributed by atoms with E-state index in [2.05, 4.69) is 44.1 Å². The number of fused-ring (bicyclic) bond motifs is 1. The maximum Gasteiger partial charge on any atom is 0.193 e. The molecule has 0 bridgehead atoms. The first kappa shape index (κ1) is 19.7. The highest BCUT2D eigenvalue weighted by Gasteiger charge is 2.13. The van der Waals surface area contributed by atoms with Crippen molar-refractivity contribution in [3.8, 4) is 0 Å². The number of aromatic nitrogens is 3. The molecule has 6 nitrogen and oxygen atoms in total. The van der Waals surface area contributed by atoms with E-state index in [-0.39, 0.29) is 24.0 Å². The van der Waals surface area contributed by atoms with Crippen LogP contribution in [0, 0.1) is 0 Å². The lowest BCUT2D eigenvalue weighted by Gasteiger charge is -2.08. The molecule has 0 saturated heterocycles. The molecule has 1 aromatic carbocycles. The van der Waals surface area contributed by atoms with Crippen LogP contribution >= 0.6 is 24.0 Å². The third-order valence-electron chi connectivity index (χ3n) is 4.41. The highest BCUT2D eigenvalue weighted by Crippen LogP contribution is 2.15. The molecule has 0 aliphatic carbocycles. The molecule has 1 aliphatic heterocycles. The fourth-order valence-electron chi connectivity index (χ4n) is 3.06. The summed E-state index contributed by atoms with van der Waals surface area (Å²) in [4.78, 5) is 4.42. The van der Waals surface area contributed by atoms with Gasteiger partial charge in [0.1, 0.15) is 11.6 Å². The van der Waals surface area contributed by atoms with E-state index in [1.54, 1.807) is 0 Å². The highest BCUT2D eigenvalue weighted by atomic mass is 127. The first-order valence-electron chi connectivity index (χ1n) is 8.83. The number of rotatable bonds is 5. The lowest BCUT2D eigenvalue weighted by atomic mass is 10.1. The summed E-state index contributed by atoms with van der Waals surface area (Å²) in [5.74, 6) is 2.59. The van der Waals surface area contributed by atoms with Gasteiger partial charge in [-0.3, -0.25) is 4.99 Å². The van der Waals surface area contributed by atoms with Crippen LogP contribution < -0.4 is 11.1 Å². The zero-order valence-corrected chi connectivity index (χ0v) is 17.1. The van der Waals surface area contributed by atoms with Gasteiger partial charge < -0.3 is 15.6 Å². The fraction of sp³-hybridized carbons (Fsp3) is 0.500. The zero-order chi connectivity index (χ0) is 16.8. The van der Waals surface area contributed by atoms with Gasteiger partial charge in [-0.1, -0.05) is 25.5 Å². The van der Waals surface area contributed by atoms with Crippen molar-refractivity contribution in [1.29, 1.82) is 0 Å². The van der Waals surface area contributed by atoms with Gasteiger partial charge in [0, 0.05) is 31.6 Å². The van der Waals surface area contributed by atoms with Crippen molar-refractivity contribution in [2.24, 2.45) is 10.7 Å². The molecule has 2 heterocycles. The molecule has 3 rings (SSSR count). The van der Waals surface area contributed by atoms with E-state index in [1.165, 1.54) is 24.8 Å². The van der Waals surface area contributed by atoms with Gasteiger partial charge in [0.25, 0.3) is 0 Å². The molecule has 0 amide bonds. The Kier molecular flexibility index (Phi) is 7.67. The van der Waals surface area contributed by atoms with Crippen LogP contribution in [0.5, 0.6) is 0 Å². The standard InChI is InChI=1S/C18H26N6.HI/c1-2-14-7-6-8-15(13-14)21-18(19)20-11-10-17-23-22-16-9-4-3-5-12-24(16)17;/h6-8,13H,2-5,9-12H2,1H3,(H3,19,20,21);1H. The third-order valence-corrected chi connectivity index (χ3v) is 4.41. The number of halogens is 1. The Morgan fingerprint density at radius 3 is 3.00 bits per heavy atom. The van der Waals surface area contributed by atoms with E-state index in [0.29, 0.717) is 12.5 Å². The Balaban J connectivity index is 0.00000225. The van der Waals surface area contributed by atoms with Crippen LogP contribution in [0.15, 0.2) is 29.3 Å². The van der Waals surface area contributed by atoms with Crippen LogP contribution in [0.4, 0.5) is 5.69 Å². The van der Waals surface area contributed by atoms with Gasteiger partial charge >= 0.3 is 0 Å². The number of aliphatic imine (C=N–C) groups is 1. The van der Waals surface area contributed by atoms with E-state index in [1.807, 2.05) is 12.1 Å². The summed E-state index contributed by atoms with van der Waals surface area (Å²) < 4.78 is 2.26. The molecule has 1 aromatic heterocycles. The van der Waals surface area contributed by atoms with Crippen molar-refractivity contribution in [3.63, 3.8) is 0 Å². The monoisotopic (exact) mass is 454 g/mol. The van der Waals surface area contributed by atoms with Crippen LogP contribution in [0.1, 0.15) is 43.4 Å². The molecule has 0 atom stereocenters. The van der Waals surface area contributed by atoms with Crippen molar-refractivity contribution in [2.45, 2.75) is 52.0 Å². The number of anilines is 1. The van der Waals surface area contributed by atoms with Crippen molar-refractivity contribution in [2.75, 3.05) is 11.9 Å². The number of nitrogens with two attached hydrogens (primary N) is 1. The number of nitrogens with zero attached hydrogens (tertiary/aromatic N) is 4. The fourth-order valence-corrected chi connectivity index (χ4v) is 3.06. The van der Waals surface area contributed by atoms with Gasteiger partial charge in [0.15, 0.2) is 5.96 Å². The predicted molar refractivity (Wildman–Crippen MR) is 113 cm³/mol. The SMILES string of the molecule is CCc1cccc(NC(N)=NCCc2nnc3n2CCCCC3)c1.I. The average molecular weight is 454 g/mol. The van der Waals surface area contributed by atoms with Crippen LogP contribution in [0.2, 0.25) is 0 Å². The normalized spacial score (nSPS) is 14.4. The number of hydrogen-bond donors (Lipinski definition) is 2. The van der Waals surface area contributed by atoms with Gasteiger partial charge in [0.2, 0.25) is 0 Å². The van der Waals surface area contributed by atoms with E-state index in [4.69, 9.17) is 5.73 Å². The molecule has 7 heteroatoms. The number of nitrogens with one attached hydrogen (secondary N) is 1. The summed E-state index contributed by atoms with van der Waals surface area (Å²) in [6, 6.07) is 8.23. The van der Waals surface area contributed by atoms with E-state index in [0.717, 1.165) is 43.1 Å². The van der Waals surface area contributed by atoms with E-state index >= 15 is 0 Å². The second kappa shape index (κ2) is 9.74. The van der Waals surface area contributed by atoms with Gasteiger partial charge in [-0.15, -0.1) is 34.2 Å². The highest BCUT2D eigenvalue weighted by molar-refractivity contribution is 14.0. The first-order valence-corrected chi connectivity index (χ1v) is 8.83. The van der Waals surface area contributed by atoms with Crippen molar-refractivity contribution in [1.82, 2.24) is 14.8 Å². The molecule has 3 N–H and O–H groups in total. The van der Waals surface area contributed by atoms with Crippen molar-refractivity contribution < 1.29 is 0 Å². The van der Waals surface area contributed by atoms with E-state index < -0.39 is 0 Å². The molecular formula is C18H27IN6. The summed E-state index contributed by atoms with van der Waals surface area (Å²) in [7, 11) is 0. The van der Waals surface area contributed by atoms with Crippen LogP contribution in [0.25, 0.3) is 0 Å². The van der Waals surface area contributed by atoms with Crippen LogP contribution in [-0.4, -0.2) is 27.3 Å². The maximum atomic E-state index is 6.00. The summed E-state index contributed by atoms with van der Waals surface area (Å²) in [5, 5.41) is 11.8. The van der Waals surface area contributed by atoms with Gasteiger partial charge in [-0.25, -0.2) is 0 Å². The molecule has 1 aliphatic rings.